The van der Waals surface area contributed by atoms with E-state index in [1.165, 1.54) is 22.3 Å². The van der Waals surface area contributed by atoms with Crippen LogP contribution < -0.4 is 5.32 Å². The van der Waals surface area contributed by atoms with Gasteiger partial charge in [-0.15, -0.1) is 0 Å². The fourth-order valence-corrected chi connectivity index (χ4v) is 2.60. The van der Waals surface area contributed by atoms with Gasteiger partial charge >= 0.3 is 0 Å². The number of benzene rings is 1. The Hall–Kier alpha value is -1.67. The van der Waals surface area contributed by atoms with Crippen molar-refractivity contribution in [2.75, 3.05) is 6.54 Å². The van der Waals surface area contributed by atoms with E-state index in [4.69, 9.17) is 0 Å². The Bertz CT molecular complexity index is 546. The van der Waals surface area contributed by atoms with Crippen molar-refractivity contribution in [2.24, 2.45) is 0 Å². The molecule has 2 aromatic rings. The van der Waals surface area contributed by atoms with Crippen molar-refractivity contribution in [2.45, 2.75) is 46.1 Å². The SMILES string of the molecule is CCCNC(Cc1ccc(CC)cc1)c1cnccc1C. The molecule has 0 radical (unpaired) electrons. The molecule has 21 heavy (non-hydrogen) atoms. The third kappa shape index (κ3) is 4.40. The van der Waals surface area contributed by atoms with E-state index in [2.05, 4.69) is 61.4 Å². The van der Waals surface area contributed by atoms with Gasteiger partial charge < -0.3 is 5.32 Å². The molecule has 2 rings (SSSR count). The van der Waals surface area contributed by atoms with Crippen LogP contribution in [0.3, 0.4) is 0 Å². The van der Waals surface area contributed by atoms with E-state index in [0.717, 1.165) is 25.8 Å². The molecule has 0 spiro atoms. The Balaban J connectivity index is 2.17. The second kappa shape index (κ2) is 7.94. The van der Waals surface area contributed by atoms with Crippen LogP contribution in [0.25, 0.3) is 0 Å². The summed E-state index contributed by atoms with van der Waals surface area (Å²) in [5, 5.41) is 3.66. The predicted octanol–water partition coefficient (Wildman–Crippen LogP) is 4.24. The van der Waals surface area contributed by atoms with E-state index in [1.807, 2.05) is 12.4 Å². The molecule has 1 heterocycles. The molecule has 0 fully saturated rings. The normalized spacial score (nSPS) is 12.3. The molecule has 0 aliphatic carbocycles. The van der Waals surface area contributed by atoms with E-state index in [9.17, 15) is 0 Å². The number of hydrogen-bond acceptors (Lipinski definition) is 2. The summed E-state index contributed by atoms with van der Waals surface area (Å²) < 4.78 is 0. The quantitative estimate of drug-likeness (QED) is 0.821. The fraction of sp³-hybridized carbons (Fsp3) is 0.421. The first-order chi connectivity index (χ1) is 10.2. The van der Waals surface area contributed by atoms with Gasteiger partial charge in [0.2, 0.25) is 0 Å². The number of pyridine rings is 1. The minimum atomic E-state index is 0.339. The first-order valence-electron chi connectivity index (χ1n) is 7.96. The van der Waals surface area contributed by atoms with Crippen molar-refractivity contribution in [1.82, 2.24) is 10.3 Å². The van der Waals surface area contributed by atoms with Crippen molar-refractivity contribution in [1.29, 1.82) is 0 Å². The van der Waals surface area contributed by atoms with Crippen molar-refractivity contribution in [3.8, 4) is 0 Å². The third-order valence-corrected chi connectivity index (χ3v) is 3.97. The van der Waals surface area contributed by atoms with E-state index in [0.29, 0.717) is 6.04 Å². The summed E-state index contributed by atoms with van der Waals surface area (Å²) in [6, 6.07) is 11.4. The largest absolute Gasteiger partial charge is 0.310 e. The van der Waals surface area contributed by atoms with Crippen molar-refractivity contribution in [3.05, 3.63) is 65.0 Å². The second-order valence-corrected chi connectivity index (χ2v) is 5.61. The molecule has 1 atom stereocenters. The number of nitrogens with zero attached hydrogens (tertiary/aromatic N) is 1. The van der Waals surface area contributed by atoms with Gasteiger partial charge in [-0.3, -0.25) is 4.98 Å². The van der Waals surface area contributed by atoms with Crippen molar-refractivity contribution >= 4 is 0 Å². The highest BCUT2D eigenvalue weighted by atomic mass is 14.9. The van der Waals surface area contributed by atoms with Gasteiger partial charge in [0, 0.05) is 18.4 Å². The van der Waals surface area contributed by atoms with Crippen LogP contribution in [-0.4, -0.2) is 11.5 Å². The highest BCUT2D eigenvalue weighted by Gasteiger charge is 2.14. The molecule has 0 bridgehead atoms. The Morgan fingerprint density at radius 3 is 2.38 bits per heavy atom. The summed E-state index contributed by atoms with van der Waals surface area (Å²) in [6.07, 6.45) is 7.12. The zero-order chi connectivity index (χ0) is 15.1. The summed E-state index contributed by atoms with van der Waals surface area (Å²) in [4.78, 5) is 4.30. The van der Waals surface area contributed by atoms with E-state index >= 15 is 0 Å². The minimum absolute atomic E-state index is 0.339. The average Bonchev–Trinajstić information content (AvgIpc) is 2.53. The number of aryl methyl sites for hydroxylation is 2. The Kier molecular flexibility index (Phi) is 5.94. The molecule has 1 aromatic heterocycles. The molecule has 112 valence electrons. The molecule has 0 saturated heterocycles. The molecule has 2 heteroatoms. The van der Waals surface area contributed by atoms with Gasteiger partial charge in [0.25, 0.3) is 0 Å². The van der Waals surface area contributed by atoms with Crippen molar-refractivity contribution in [3.63, 3.8) is 0 Å². The van der Waals surface area contributed by atoms with Gasteiger partial charge in [-0.25, -0.2) is 0 Å². The van der Waals surface area contributed by atoms with Crippen LogP contribution in [0.5, 0.6) is 0 Å². The lowest BCUT2D eigenvalue weighted by atomic mass is 9.96. The van der Waals surface area contributed by atoms with E-state index in [-0.39, 0.29) is 0 Å². The lowest BCUT2D eigenvalue weighted by Gasteiger charge is -2.21. The highest BCUT2D eigenvalue weighted by molar-refractivity contribution is 5.29. The molecule has 2 nitrogen and oxygen atoms in total. The van der Waals surface area contributed by atoms with Crippen LogP contribution in [0.2, 0.25) is 0 Å². The Labute approximate surface area is 128 Å². The van der Waals surface area contributed by atoms with Crippen LogP contribution in [0.1, 0.15) is 48.6 Å². The number of aromatic nitrogens is 1. The molecule has 0 aliphatic rings. The smallest absolute Gasteiger partial charge is 0.0378 e. The first kappa shape index (κ1) is 15.7. The monoisotopic (exact) mass is 282 g/mol. The second-order valence-electron chi connectivity index (χ2n) is 5.61. The van der Waals surface area contributed by atoms with Gasteiger partial charge in [-0.2, -0.15) is 0 Å². The average molecular weight is 282 g/mol. The number of hydrogen-bond donors (Lipinski definition) is 1. The summed E-state index contributed by atoms with van der Waals surface area (Å²) in [5.41, 5.74) is 5.40. The fourth-order valence-electron chi connectivity index (χ4n) is 2.60. The van der Waals surface area contributed by atoms with Crippen LogP contribution >= 0.6 is 0 Å². The van der Waals surface area contributed by atoms with Gasteiger partial charge in [0.1, 0.15) is 0 Å². The predicted molar refractivity (Wildman–Crippen MR) is 89.5 cm³/mol. The Morgan fingerprint density at radius 2 is 1.76 bits per heavy atom. The van der Waals surface area contributed by atoms with Gasteiger partial charge in [0.05, 0.1) is 0 Å². The van der Waals surface area contributed by atoms with Crippen LogP contribution in [0, 0.1) is 6.92 Å². The zero-order valence-corrected chi connectivity index (χ0v) is 13.4. The summed E-state index contributed by atoms with van der Waals surface area (Å²) in [5.74, 6) is 0. The first-order valence-corrected chi connectivity index (χ1v) is 7.96. The maximum atomic E-state index is 4.30. The maximum absolute atomic E-state index is 4.30. The molecule has 1 unspecified atom stereocenters. The van der Waals surface area contributed by atoms with Crippen molar-refractivity contribution < 1.29 is 0 Å². The Morgan fingerprint density at radius 1 is 1.05 bits per heavy atom. The molecule has 1 aromatic carbocycles. The van der Waals surface area contributed by atoms with Crippen LogP contribution in [0.4, 0.5) is 0 Å². The van der Waals surface area contributed by atoms with Gasteiger partial charge in [-0.1, -0.05) is 38.1 Å². The lowest BCUT2D eigenvalue weighted by Crippen LogP contribution is -2.25. The van der Waals surface area contributed by atoms with Crippen LogP contribution in [-0.2, 0) is 12.8 Å². The summed E-state index contributed by atoms with van der Waals surface area (Å²) >= 11 is 0. The molecular formula is C19H26N2. The summed E-state index contributed by atoms with van der Waals surface area (Å²) in [6.45, 7) is 7.60. The maximum Gasteiger partial charge on any atom is 0.0378 e. The summed E-state index contributed by atoms with van der Waals surface area (Å²) in [7, 11) is 0. The van der Waals surface area contributed by atoms with Crippen LogP contribution in [0.15, 0.2) is 42.7 Å². The highest BCUT2D eigenvalue weighted by Crippen LogP contribution is 2.21. The standard InChI is InChI=1S/C19H26N2/c1-4-11-21-19(18-14-20-12-10-15(18)3)13-17-8-6-16(5-2)7-9-17/h6-10,12,14,19,21H,4-5,11,13H2,1-3H3. The molecule has 1 N–H and O–H groups in total. The molecular weight excluding hydrogens is 256 g/mol. The van der Waals surface area contributed by atoms with E-state index < -0.39 is 0 Å². The zero-order valence-electron chi connectivity index (χ0n) is 13.4. The minimum Gasteiger partial charge on any atom is -0.310 e. The van der Waals surface area contributed by atoms with Gasteiger partial charge in [0.15, 0.2) is 0 Å². The molecule has 0 aliphatic heterocycles. The number of nitrogens with one attached hydrogen (secondary N) is 1. The number of rotatable bonds is 7. The molecule has 0 saturated carbocycles. The van der Waals surface area contributed by atoms with Gasteiger partial charge in [-0.05, 0) is 61.1 Å². The molecule has 0 amide bonds. The third-order valence-electron chi connectivity index (χ3n) is 3.97. The lowest BCUT2D eigenvalue weighted by molar-refractivity contribution is 0.525. The van der Waals surface area contributed by atoms with E-state index in [1.54, 1.807) is 0 Å². The topological polar surface area (TPSA) is 24.9 Å².